The third kappa shape index (κ3) is 3.13. The van der Waals surface area contributed by atoms with Crippen molar-refractivity contribution >= 4 is 33.5 Å². The van der Waals surface area contributed by atoms with Gasteiger partial charge in [0.05, 0.1) is 12.6 Å². The van der Waals surface area contributed by atoms with E-state index in [2.05, 4.69) is 45.9 Å². The molecule has 0 saturated heterocycles. The van der Waals surface area contributed by atoms with E-state index in [-0.39, 0.29) is 6.79 Å². The second kappa shape index (κ2) is 6.76. The van der Waals surface area contributed by atoms with E-state index in [1.165, 1.54) is 0 Å². The lowest BCUT2D eigenvalue weighted by molar-refractivity contribution is 0.0492. The molecule has 1 heterocycles. The SMILES string of the molecule is COCOc1ccc(-c2ccc3c(I)nn(C)c3c2)cc1OC. The lowest BCUT2D eigenvalue weighted by Gasteiger charge is -2.12. The highest BCUT2D eigenvalue weighted by Crippen LogP contribution is 2.34. The molecule has 5 nitrogen and oxygen atoms in total. The maximum absolute atomic E-state index is 5.50. The first-order valence-corrected chi connectivity index (χ1v) is 8.14. The van der Waals surface area contributed by atoms with E-state index in [0.29, 0.717) is 11.5 Å². The highest BCUT2D eigenvalue weighted by atomic mass is 127. The highest BCUT2D eigenvalue weighted by Gasteiger charge is 2.10. The van der Waals surface area contributed by atoms with Crippen LogP contribution >= 0.6 is 22.6 Å². The van der Waals surface area contributed by atoms with E-state index in [1.54, 1.807) is 14.2 Å². The topological polar surface area (TPSA) is 45.5 Å². The first-order chi connectivity index (χ1) is 11.1. The Morgan fingerprint density at radius 2 is 1.78 bits per heavy atom. The number of rotatable bonds is 5. The van der Waals surface area contributed by atoms with Crippen LogP contribution in [0.4, 0.5) is 0 Å². The van der Waals surface area contributed by atoms with E-state index in [9.17, 15) is 0 Å². The summed E-state index contributed by atoms with van der Waals surface area (Å²) in [4.78, 5) is 0. The number of hydrogen-bond donors (Lipinski definition) is 0. The normalized spacial score (nSPS) is 11.0. The van der Waals surface area contributed by atoms with Crippen LogP contribution in [0.15, 0.2) is 36.4 Å². The molecule has 6 heteroatoms. The number of aromatic nitrogens is 2. The summed E-state index contributed by atoms with van der Waals surface area (Å²) in [6.45, 7) is 0.190. The van der Waals surface area contributed by atoms with Gasteiger partial charge in [-0.2, -0.15) is 5.10 Å². The van der Waals surface area contributed by atoms with Crippen molar-refractivity contribution in [2.24, 2.45) is 7.05 Å². The zero-order valence-corrected chi connectivity index (χ0v) is 15.3. The summed E-state index contributed by atoms with van der Waals surface area (Å²) < 4.78 is 18.8. The van der Waals surface area contributed by atoms with Gasteiger partial charge in [-0.3, -0.25) is 4.68 Å². The second-order valence-corrected chi connectivity index (χ2v) is 6.08. The molecule has 0 radical (unpaired) electrons. The van der Waals surface area contributed by atoms with Gasteiger partial charge in [0, 0.05) is 19.5 Å². The molecule has 0 N–H and O–H groups in total. The van der Waals surface area contributed by atoms with Crippen LogP contribution in [0.5, 0.6) is 11.5 Å². The van der Waals surface area contributed by atoms with Crippen LogP contribution in [-0.4, -0.2) is 30.8 Å². The van der Waals surface area contributed by atoms with Gasteiger partial charge in [0.15, 0.2) is 18.3 Å². The summed E-state index contributed by atoms with van der Waals surface area (Å²) in [5, 5.41) is 5.61. The zero-order chi connectivity index (χ0) is 16.4. The molecule has 0 saturated carbocycles. The Morgan fingerprint density at radius 3 is 2.52 bits per heavy atom. The molecular formula is C17H17IN2O3. The first-order valence-electron chi connectivity index (χ1n) is 7.06. The van der Waals surface area contributed by atoms with Crippen molar-refractivity contribution in [2.45, 2.75) is 0 Å². The van der Waals surface area contributed by atoms with Gasteiger partial charge in [-0.25, -0.2) is 0 Å². The van der Waals surface area contributed by atoms with Crippen LogP contribution in [0.25, 0.3) is 22.0 Å². The van der Waals surface area contributed by atoms with Crippen LogP contribution < -0.4 is 9.47 Å². The monoisotopic (exact) mass is 424 g/mol. The molecule has 1 aromatic heterocycles. The van der Waals surface area contributed by atoms with Crippen LogP contribution in [0, 0.1) is 3.70 Å². The van der Waals surface area contributed by atoms with Crippen molar-refractivity contribution in [2.75, 3.05) is 21.0 Å². The largest absolute Gasteiger partial charge is 0.493 e. The van der Waals surface area contributed by atoms with Crippen molar-refractivity contribution < 1.29 is 14.2 Å². The fraction of sp³-hybridized carbons (Fsp3) is 0.235. The van der Waals surface area contributed by atoms with Crippen molar-refractivity contribution in [3.8, 4) is 22.6 Å². The van der Waals surface area contributed by atoms with Gasteiger partial charge in [-0.1, -0.05) is 12.1 Å². The predicted molar refractivity (Wildman–Crippen MR) is 97.9 cm³/mol. The lowest BCUT2D eigenvalue weighted by Crippen LogP contribution is -2.00. The Hall–Kier alpha value is -1.80. The minimum absolute atomic E-state index is 0.190. The molecule has 0 atom stereocenters. The van der Waals surface area contributed by atoms with Crippen molar-refractivity contribution in [1.82, 2.24) is 9.78 Å². The minimum atomic E-state index is 0.190. The number of benzene rings is 2. The summed E-state index contributed by atoms with van der Waals surface area (Å²) in [6, 6.07) is 12.2. The van der Waals surface area contributed by atoms with E-state index < -0.39 is 0 Å². The summed E-state index contributed by atoms with van der Waals surface area (Å²) in [6.07, 6.45) is 0. The Labute approximate surface area is 148 Å². The van der Waals surface area contributed by atoms with E-state index in [0.717, 1.165) is 25.7 Å². The summed E-state index contributed by atoms with van der Waals surface area (Å²) >= 11 is 2.25. The second-order valence-electron chi connectivity index (χ2n) is 5.06. The third-order valence-corrected chi connectivity index (χ3v) is 4.43. The quantitative estimate of drug-likeness (QED) is 0.462. The molecule has 0 spiro atoms. The van der Waals surface area contributed by atoms with Gasteiger partial charge < -0.3 is 14.2 Å². The van der Waals surface area contributed by atoms with Crippen LogP contribution in [-0.2, 0) is 11.8 Å². The van der Waals surface area contributed by atoms with Gasteiger partial charge in [-0.05, 0) is 58.0 Å². The molecule has 23 heavy (non-hydrogen) atoms. The number of methoxy groups -OCH3 is 2. The molecule has 2 aromatic carbocycles. The number of hydrogen-bond acceptors (Lipinski definition) is 4. The van der Waals surface area contributed by atoms with Gasteiger partial charge in [0.25, 0.3) is 0 Å². The number of nitrogens with zero attached hydrogens (tertiary/aromatic N) is 2. The molecule has 3 rings (SSSR count). The summed E-state index contributed by atoms with van der Waals surface area (Å²) in [5.41, 5.74) is 3.27. The molecule has 0 fully saturated rings. The van der Waals surface area contributed by atoms with E-state index in [1.807, 2.05) is 29.9 Å². The number of ether oxygens (including phenoxy) is 3. The molecule has 3 aromatic rings. The van der Waals surface area contributed by atoms with Gasteiger partial charge in [0.2, 0.25) is 0 Å². The maximum atomic E-state index is 5.50. The molecule has 0 amide bonds. The molecule has 0 aliphatic carbocycles. The van der Waals surface area contributed by atoms with E-state index >= 15 is 0 Å². The molecule has 0 aliphatic heterocycles. The Bertz CT molecular complexity index is 845. The average molecular weight is 424 g/mol. The summed E-state index contributed by atoms with van der Waals surface area (Å²) in [7, 11) is 5.17. The Kier molecular flexibility index (Phi) is 4.72. The first kappa shape index (κ1) is 16.1. The number of aryl methyl sites for hydroxylation is 1. The maximum Gasteiger partial charge on any atom is 0.188 e. The Balaban J connectivity index is 2.02. The van der Waals surface area contributed by atoms with Gasteiger partial charge in [0.1, 0.15) is 3.70 Å². The molecule has 0 unspecified atom stereocenters. The molecule has 120 valence electrons. The molecular weight excluding hydrogens is 407 g/mol. The summed E-state index contributed by atoms with van der Waals surface area (Å²) in [5.74, 6) is 1.34. The Morgan fingerprint density at radius 1 is 1.04 bits per heavy atom. The number of halogens is 1. The van der Waals surface area contributed by atoms with E-state index in [4.69, 9.17) is 14.2 Å². The molecule has 0 bridgehead atoms. The smallest absolute Gasteiger partial charge is 0.188 e. The number of fused-ring (bicyclic) bond motifs is 1. The van der Waals surface area contributed by atoms with Crippen molar-refractivity contribution in [3.63, 3.8) is 0 Å². The fourth-order valence-electron chi connectivity index (χ4n) is 2.48. The fourth-order valence-corrected chi connectivity index (χ4v) is 3.26. The zero-order valence-electron chi connectivity index (χ0n) is 13.2. The minimum Gasteiger partial charge on any atom is -0.493 e. The van der Waals surface area contributed by atoms with Crippen molar-refractivity contribution in [3.05, 3.63) is 40.1 Å². The third-order valence-electron chi connectivity index (χ3n) is 3.64. The standard InChI is InChI=1S/C17H17IN2O3/c1-20-14-8-11(4-6-13(14)17(18)19-20)12-5-7-15(23-10-21-2)16(9-12)22-3/h4-9H,10H2,1-3H3. The highest BCUT2D eigenvalue weighted by molar-refractivity contribution is 14.1. The predicted octanol–water partition coefficient (Wildman–Crippen LogP) is 3.84. The lowest BCUT2D eigenvalue weighted by atomic mass is 10.0. The van der Waals surface area contributed by atoms with Gasteiger partial charge >= 0.3 is 0 Å². The van der Waals surface area contributed by atoms with Crippen LogP contribution in [0.2, 0.25) is 0 Å². The average Bonchev–Trinajstić information content (AvgIpc) is 2.86. The molecule has 0 aliphatic rings. The van der Waals surface area contributed by atoms with Crippen LogP contribution in [0.1, 0.15) is 0 Å². The van der Waals surface area contributed by atoms with Gasteiger partial charge in [-0.15, -0.1) is 0 Å². The van der Waals surface area contributed by atoms with Crippen molar-refractivity contribution in [1.29, 1.82) is 0 Å². The van der Waals surface area contributed by atoms with Crippen LogP contribution in [0.3, 0.4) is 0 Å².